The number of carbonyl (C=O) groups excluding carboxylic acids is 3. The molecule has 0 aliphatic carbocycles. The van der Waals surface area contributed by atoms with Crippen LogP contribution in [-0.2, 0) is 14.4 Å². The number of hydrogen-bond acceptors (Lipinski definition) is 8. The van der Waals surface area contributed by atoms with Crippen LogP contribution in [0.5, 0.6) is 5.75 Å². The van der Waals surface area contributed by atoms with Crippen LogP contribution in [-0.4, -0.2) is 52.4 Å². The number of anilines is 2. The highest BCUT2D eigenvalue weighted by Gasteiger charge is 2.45. The maximum Gasteiger partial charge on any atom is 0.357 e. The molecule has 1 aliphatic heterocycles. The van der Waals surface area contributed by atoms with E-state index in [9.17, 15) is 24.3 Å². The third-order valence-electron chi connectivity index (χ3n) is 6.98. The van der Waals surface area contributed by atoms with E-state index < -0.39 is 29.3 Å². The molecule has 0 saturated heterocycles. The summed E-state index contributed by atoms with van der Waals surface area (Å²) in [6.07, 6.45) is 3.66. The standard InChI is InChI=1S/C28H31N5O7/c1-5-33-20-10-8-17(13-21(20)32(4)26(37)28(2,3)27(33)38)40-22(24-31-19(15-39-24)25(35)36)11-9-18(23(29)34)16-7-6-12-30-14-16/h6-8,10,12-15,18,22H,5,9,11H2,1-4H3,(H2,29,34)(H,35,36). The van der Waals surface area contributed by atoms with Crippen molar-refractivity contribution in [3.8, 4) is 5.75 Å². The number of nitrogens with zero attached hydrogens (tertiary/aromatic N) is 4. The van der Waals surface area contributed by atoms with E-state index in [-0.39, 0.29) is 36.2 Å². The Morgan fingerprint density at radius 1 is 1.15 bits per heavy atom. The number of aromatic carboxylic acids is 1. The molecule has 3 aromatic rings. The number of carboxylic acids is 1. The van der Waals surface area contributed by atoms with E-state index in [1.54, 1.807) is 68.5 Å². The van der Waals surface area contributed by atoms with Gasteiger partial charge in [0, 0.05) is 32.1 Å². The Morgan fingerprint density at radius 2 is 1.90 bits per heavy atom. The smallest absolute Gasteiger partial charge is 0.357 e. The molecule has 210 valence electrons. The Morgan fingerprint density at radius 3 is 2.50 bits per heavy atom. The number of aromatic nitrogens is 2. The number of fused-ring (bicyclic) bond motifs is 1. The largest absolute Gasteiger partial charge is 0.481 e. The number of hydrogen-bond donors (Lipinski definition) is 2. The fourth-order valence-corrected chi connectivity index (χ4v) is 4.76. The summed E-state index contributed by atoms with van der Waals surface area (Å²) in [6.45, 7) is 5.37. The maximum atomic E-state index is 13.2. The van der Waals surface area contributed by atoms with Gasteiger partial charge in [0.1, 0.15) is 17.4 Å². The topological polar surface area (TPSA) is 169 Å². The second-order valence-electron chi connectivity index (χ2n) is 9.99. The van der Waals surface area contributed by atoms with Gasteiger partial charge in [0.2, 0.25) is 23.6 Å². The SMILES string of the molecule is CCN1C(=O)C(C)(C)C(=O)N(C)c2cc(OC(CCC(C(N)=O)c3cccnc3)c3nc(C(=O)O)co3)ccc21. The molecule has 3 N–H and O–H groups in total. The third kappa shape index (κ3) is 5.37. The third-order valence-corrected chi connectivity index (χ3v) is 6.98. The maximum absolute atomic E-state index is 13.2. The lowest BCUT2D eigenvalue weighted by atomic mass is 9.90. The summed E-state index contributed by atoms with van der Waals surface area (Å²) in [5.74, 6) is -2.88. The van der Waals surface area contributed by atoms with Gasteiger partial charge >= 0.3 is 5.97 Å². The minimum absolute atomic E-state index is 0.00215. The van der Waals surface area contributed by atoms with Gasteiger partial charge in [0.15, 0.2) is 11.8 Å². The summed E-state index contributed by atoms with van der Waals surface area (Å²) < 4.78 is 11.7. The first-order chi connectivity index (χ1) is 18.9. The zero-order valence-corrected chi connectivity index (χ0v) is 22.7. The fourth-order valence-electron chi connectivity index (χ4n) is 4.76. The molecule has 1 aliphatic rings. The van der Waals surface area contributed by atoms with Gasteiger partial charge in [-0.3, -0.25) is 19.4 Å². The van der Waals surface area contributed by atoms with Crippen molar-refractivity contribution in [1.29, 1.82) is 0 Å². The number of oxazole rings is 1. The lowest BCUT2D eigenvalue weighted by Gasteiger charge is -2.27. The zero-order valence-electron chi connectivity index (χ0n) is 22.7. The van der Waals surface area contributed by atoms with Crippen molar-refractivity contribution in [2.45, 2.75) is 45.6 Å². The van der Waals surface area contributed by atoms with Gasteiger partial charge in [0.05, 0.1) is 17.3 Å². The van der Waals surface area contributed by atoms with Crippen LogP contribution in [0.2, 0.25) is 0 Å². The van der Waals surface area contributed by atoms with Gasteiger partial charge in [-0.2, -0.15) is 0 Å². The molecule has 2 atom stereocenters. The predicted octanol–water partition coefficient (Wildman–Crippen LogP) is 3.29. The Hall–Kier alpha value is -4.74. The number of carbonyl (C=O) groups is 4. The molecule has 2 aromatic heterocycles. The van der Waals surface area contributed by atoms with Gasteiger partial charge in [-0.15, -0.1) is 0 Å². The number of nitrogens with two attached hydrogens (primary N) is 1. The summed E-state index contributed by atoms with van der Waals surface area (Å²) in [5.41, 5.74) is 5.75. The molecule has 4 rings (SSSR count). The summed E-state index contributed by atoms with van der Waals surface area (Å²) in [7, 11) is 1.59. The predicted molar refractivity (Wildman–Crippen MR) is 144 cm³/mol. The number of pyridine rings is 1. The number of rotatable bonds is 10. The molecule has 0 saturated carbocycles. The lowest BCUT2D eigenvalue weighted by molar-refractivity contribution is -0.137. The van der Waals surface area contributed by atoms with Crippen molar-refractivity contribution >= 4 is 35.1 Å². The van der Waals surface area contributed by atoms with Crippen LogP contribution < -0.4 is 20.3 Å². The molecular formula is C28H31N5O7. The quantitative estimate of drug-likeness (QED) is 0.360. The van der Waals surface area contributed by atoms with Crippen molar-refractivity contribution in [3.63, 3.8) is 0 Å². The monoisotopic (exact) mass is 549 g/mol. The number of amides is 3. The Balaban J connectivity index is 1.69. The van der Waals surface area contributed by atoms with E-state index in [0.717, 1.165) is 6.26 Å². The molecule has 40 heavy (non-hydrogen) atoms. The van der Waals surface area contributed by atoms with E-state index in [2.05, 4.69) is 9.97 Å². The summed E-state index contributed by atoms with van der Waals surface area (Å²) >= 11 is 0. The van der Waals surface area contributed by atoms with Crippen LogP contribution in [0, 0.1) is 5.41 Å². The molecule has 0 spiro atoms. The molecule has 12 heteroatoms. The van der Waals surface area contributed by atoms with Crippen molar-refractivity contribution in [2.24, 2.45) is 11.1 Å². The van der Waals surface area contributed by atoms with Crippen molar-refractivity contribution < 1.29 is 33.4 Å². The number of primary amides is 1. The minimum Gasteiger partial charge on any atom is -0.481 e. The van der Waals surface area contributed by atoms with Crippen molar-refractivity contribution in [2.75, 3.05) is 23.4 Å². The molecule has 1 aromatic carbocycles. The first-order valence-corrected chi connectivity index (χ1v) is 12.7. The second kappa shape index (κ2) is 11.2. The average Bonchev–Trinajstić information content (AvgIpc) is 3.42. The summed E-state index contributed by atoms with van der Waals surface area (Å²) in [6, 6.07) is 8.41. The van der Waals surface area contributed by atoms with Crippen LogP contribution >= 0.6 is 0 Å². The molecule has 12 nitrogen and oxygen atoms in total. The van der Waals surface area contributed by atoms with E-state index >= 15 is 0 Å². The summed E-state index contributed by atoms with van der Waals surface area (Å²) in [4.78, 5) is 61.2. The Labute approximate surface area is 230 Å². The molecule has 2 unspecified atom stereocenters. The van der Waals surface area contributed by atoms with Crippen molar-refractivity contribution in [3.05, 3.63) is 66.1 Å². The van der Waals surface area contributed by atoms with Crippen molar-refractivity contribution in [1.82, 2.24) is 9.97 Å². The highest BCUT2D eigenvalue weighted by Crippen LogP contribution is 2.41. The van der Waals surface area contributed by atoms with Crippen LogP contribution in [0.25, 0.3) is 0 Å². The molecular weight excluding hydrogens is 518 g/mol. The van der Waals surface area contributed by atoms with Gasteiger partial charge in [-0.05, 0) is 57.4 Å². The number of carboxylic acid groups (broad SMARTS) is 1. The highest BCUT2D eigenvalue weighted by molar-refractivity contribution is 6.20. The Bertz CT molecular complexity index is 1440. The van der Waals surface area contributed by atoms with E-state index in [4.69, 9.17) is 14.9 Å². The number of benzene rings is 1. The van der Waals surface area contributed by atoms with E-state index in [0.29, 0.717) is 29.2 Å². The Kier molecular flexibility index (Phi) is 7.89. The van der Waals surface area contributed by atoms with Crippen LogP contribution in [0.1, 0.15) is 67.6 Å². The fraction of sp³-hybridized carbons (Fsp3) is 0.357. The second-order valence-corrected chi connectivity index (χ2v) is 9.99. The first-order valence-electron chi connectivity index (χ1n) is 12.7. The molecule has 3 heterocycles. The van der Waals surface area contributed by atoms with Gasteiger partial charge < -0.3 is 29.8 Å². The molecule has 0 fully saturated rings. The molecule has 0 bridgehead atoms. The van der Waals surface area contributed by atoms with E-state index in [1.807, 2.05) is 6.92 Å². The normalized spacial score (nSPS) is 16.2. The van der Waals surface area contributed by atoms with Crippen LogP contribution in [0.3, 0.4) is 0 Å². The number of ether oxygens (including phenoxy) is 1. The summed E-state index contributed by atoms with van der Waals surface area (Å²) in [5, 5.41) is 9.33. The highest BCUT2D eigenvalue weighted by atomic mass is 16.5. The van der Waals surface area contributed by atoms with E-state index in [1.165, 1.54) is 4.90 Å². The lowest BCUT2D eigenvalue weighted by Crippen LogP contribution is -2.47. The molecule has 3 amide bonds. The van der Waals surface area contributed by atoms with Gasteiger partial charge in [0.25, 0.3) is 0 Å². The van der Waals surface area contributed by atoms with Crippen LogP contribution in [0.4, 0.5) is 11.4 Å². The molecule has 0 radical (unpaired) electrons. The van der Waals surface area contributed by atoms with Gasteiger partial charge in [-0.25, -0.2) is 9.78 Å². The first kappa shape index (κ1) is 28.3. The van der Waals surface area contributed by atoms with Crippen LogP contribution in [0.15, 0.2) is 53.4 Å². The average molecular weight is 550 g/mol. The zero-order chi connectivity index (χ0) is 29.2. The van der Waals surface area contributed by atoms with Gasteiger partial charge in [-0.1, -0.05) is 6.07 Å². The minimum atomic E-state index is -1.27.